The lowest BCUT2D eigenvalue weighted by Gasteiger charge is -2.43. The summed E-state index contributed by atoms with van der Waals surface area (Å²) in [5, 5.41) is 21.0. The van der Waals surface area contributed by atoms with Crippen LogP contribution in [0.15, 0.2) is 55.0 Å². The predicted molar refractivity (Wildman–Crippen MR) is 92.1 cm³/mol. The minimum atomic E-state index is -0.819. The van der Waals surface area contributed by atoms with E-state index in [1.165, 1.54) is 6.33 Å². The number of aliphatic hydroxyl groups is 1. The standard InChI is InChI=1S/C18H19N5O2/c24-15-10-19-9-8-18(15,14-4-2-1-3-5-14)22-17(25)13-6-7-16-20-12-21-23(16)11-13/h1-7,11-12,15,19,24H,8-10H2,(H,22,25)/t15-,18-/m1/s1. The second kappa shape index (κ2) is 6.27. The summed E-state index contributed by atoms with van der Waals surface area (Å²) in [4.78, 5) is 17.0. The number of benzene rings is 1. The van der Waals surface area contributed by atoms with Crippen molar-refractivity contribution in [2.24, 2.45) is 0 Å². The van der Waals surface area contributed by atoms with E-state index in [4.69, 9.17) is 0 Å². The fourth-order valence-electron chi connectivity index (χ4n) is 3.38. The van der Waals surface area contributed by atoms with Crippen molar-refractivity contribution in [2.75, 3.05) is 13.1 Å². The van der Waals surface area contributed by atoms with Gasteiger partial charge in [-0.3, -0.25) is 4.79 Å². The molecule has 1 amide bonds. The summed E-state index contributed by atoms with van der Waals surface area (Å²) in [7, 11) is 0. The molecular weight excluding hydrogens is 318 g/mol. The fraction of sp³-hybridized carbons (Fsp3) is 0.278. The predicted octanol–water partition coefficient (Wildman–Crippen LogP) is 0.709. The smallest absolute Gasteiger partial charge is 0.253 e. The Hall–Kier alpha value is -2.77. The van der Waals surface area contributed by atoms with Gasteiger partial charge in [0.2, 0.25) is 0 Å². The van der Waals surface area contributed by atoms with Gasteiger partial charge in [-0.15, -0.1) is 0 Å². The Bertz CT molecular complexity index is 895. The molecule has 0 unspecified atom stereocenters. The molecule has 7 nitrogen and oxygen atoms in total. The summed E-state index contributed by atoms with van der Waals surface area (Å²) in [6.07, 6.45) is 2.97. The van der Waals surface area contributed by atoms with E-state index in [-0.39, 0.29) is 5.91 Å². The van der Waals surface area contributed by atoms with Gasteiger partial charge in [0.1, 0.15) is 6.33 Å². The molecule has 4 rings (SSSR count). The van der Waals surface area contributed by atoms with E-state index in [1.807, 2.05) is 30.3 Å². The molecule has 7 heteroatoms. The number of nitrogens with zero attached hydrogens (tertiary/aromatic N) is 3. The average molecular weight is 337 g/mol. The topological polar surface area (TPSA) is 91.5 Å². The van der Waals surface area contributed by atoms with Gasteiger partial charge in [-0.05, 0) is 30.7 Å². The van der Waals surface area contributed by atoms with Gasteiger partial charge in [0, 0.05) is 12.7 Å². The van der Waals surface area contributed by atoms with Crippen LogP contribution in [0.1, 0.15) is 22.3 Å². The van der Waals surface area contributed by atoms with Gasteiger partial charge in [-0.1, -0.05) is 30.3 Å². The summed E-state index contributed by atoms with van der Waals surface area (Å²) < 4.78 is 1.56. The Kier molecular flexibility index (Phi) is 3.95. The van der Waals surface area contributed by atoms with E-state index in [1.54, 1.807) is 22.8 Å². The molecule has 128 valence electrons. The van der Waals surface area contributed by atoms with Crippen LogP contribution in [-0.2, 0) is 5.54 Å². The minimum absolute atomic E-state index is 0.248. The van der Waals surface area contributed by atoms with Gasteiger partial charge < -0.3 is 15.7 Å². The van der Waals surface area contributed by atoms with Gasteiger partial charge in [-0.25, -0.2) is 9.50 Å². The molecule has 0 saturated carbocycles. The summed E-state index contributed by atoms with van der Waals surface area (Å²) in [6, 6.07) is 13.1. The Morgan fingerprint density at radius 1 is 1.28 bits per heavy atom. The highest BCUT2D eigenvalue weighted by Crippen LogP contribution is 2.31. The van der Waals surface area contributed by atoms with Crippen LogP contribution < -0.4 is 10.6 Å². The molecule has 3 N–H and O–H groups in total. The molecule has 2 aromatic heterocycles. The number of fused-ring (bicyclic) bond motifs is 1. The maximum atomic E-state index is 12.9. The van der Waals surface area contributed by atoms with Crippen LogP contribution in [0.2, 0.25) is 0 Å². The molecule has 1 saturated heterocycles. The third-order valence-corrected chi connectivity index (χ3v) is 4.76. The lowest BCUT2D eigenvalue weighted by molar-refractivity contribution is 0.0289. The first-order chi connectivity index (χ1) is 12.2. The lowest BCUT2D eigenvalue weighted by Crippen LogP contribution is -2.61. The summed E-state index contributed by atoms with van der Waals surface area (Å²) in [5.41, 5.74) is 1.23. The van der Waals surface area contributed by atoms with E-state index in [0.717, 1.165) is 5.56 Å². The number of nitrogens with one attached hydrogen (secondary N) is 2. The largest absolute Gasteiger partial charge is 0.389 e. The molecule has 1 aliphatic rings. The molecule has 1 aromatic carbocycles. The molecule has 1 aliphatic heterocycles. The number of aliphatic hydroxyl groups excluding tert-OH is 1. The molecule has 0 spiro atoms. The number of aromatic nitrogens is 3. The van der Waals surface area contributed by atoms with Crippen LogP contribution >= 0.6 is 0 Å². The first-order valence-electron chi connectivity index (χ1n) is 8.25. The second-order valence-electron chi connectivity index (χ2n) is 6.24. The van der Waals surface area contributed by atoms with E-state index in [0.29, 0.717) is 30.7 Å². The Labute approximate surface area is 144 Å². The number of amides is 1. The van der Waals surface area contributed by atoms with Crippen LogP contribution in [0.4, 0.5) is 0 Å². The molecule has 0 aliphatic carbocycles. The van der Waals surface area contributed by atoms with Crippen LogP contribution in [-0.4, -0.2) is 44.8 Å². The highest BCUT2D eigenvalue weighted by atomic mass is 16.3. The van der Waals surface area contributed by atoms with Gasteiger partial charge in [0.25, 0.3) is 5.91 Å². The number of β-amino-alcohol motifs (C(OH)–C–C–N with tert-alkyl or cyclic N) is 1. The summed E-state index contributed by atoms with van der Waals surface area (Å²) in [6.45, 7) is 1.14. The molecule has 1 fully saturated rings. The van der Waals surface area contributed by atoms with Crippen molar-refractivity contribution < 1.29 is 9.90 Å². The third-order valence-electron chi connectivity index (χ3n) is 4.76. The number of hydrogen-bond donors (Lipinski definition) is 3. The lowest BCUT2D eigenvalue weighted by atomic mass is 9.79. The zero-order valence-electron chi connectivity index (χ0n) is 13.6. The monoisotopic (exact) mass is 337 g/mol. The van der Waals surface area contributed by atoms with E-state index >= 15 is 0 Å². The first kappa shape index (κ1) is 15.7. The Balaban J connectivity index is 1.69. The summed E-state index contributed by atoms with van der Waals surface area (Å²) >= 11 is 0. The maximum absolute atomic E-state index is 12.9. The van der Waals surface area contributed by atoms with Gasteiger partial charge >= 0.3 is 0 Å². The average Bonchev–Trinajstić information content (AvgIpc) is 3.12. The fourth-order valence-corrected chi connectivity index (χ4v) is 3.38. The molecule has 25 heavy (non-hydrogen) atoms. The second-order valence-corrected chi connectivity index (χ2v) is 6.24. The first-order valence-corrected chi connectivity index (χ1v) is 8.25. The molecule has 3 heterocycles. The van der Waals surface area contributed by atoms with Gasteiger partial charge in [-0.2, -0.15) is 5.10 Å². The van der Waals surface area contributed by atoms with Crippen LogP contribution in [0.5, 0.6) is 0 Å². The zero-order chi connectivity index (χ0) is 17.3. The van der Waals surface area contributed by atoms with Crippen LogP contribution in [0, 0.1) is 0 Å². The van der Waals surface area contributed by atoms with Crippen molar-refractivity contribution >= 4 is 11.6 Å². The van der Waals surface area contributed by atoms with Crippen molar-refractivity contribution in [2.45, 2.75) is 18.1 Å². The molecule has 0 bridgehead atoms. The number of carbonyl (C=O) groups is 1. The molecule has 0 radical (unpaired) electrons. The van der Waals surface area contributed by atoms with Crippen molar-refractivity contribution in [1.29, 1.82) is 0 Å². The highest BCUT2D eigenvalue weighted by molar-refractivity contribution is 5.94. The zero-order valence-corrected chi connectivity index (χ0v) is 13.6. The number of carbonyl (C=O) groups excluding carboxylic acids is 1. The summed E-state index contributed by atoms with van der Waals surface area (Å²) in [5.74, 6) is -0.248. The van der Waals surface area contributed by atoms with Crippen molar-refractivity contribution in [3.8, 4) is 0 Å². The number of pyridine rings is 1. The van der Waals surface area contributed by atoms with Crippen LogP contribution in [0.3, 0.4) is 0 Å². The minimum Gasteiger partial charge on any atom is -0.389 e. The number of hydrogen-bond acceptors (Lipinski definition) is 5. The van der Waals surface area contributed by atoms with Gasteiger partial charge in [0.05, 0.1) is 17.2 Å². The molecular formula is C18H19N5O2. The van der Waals surface area contributed by atoms with E-state index in [9.17, 15) is 9.90 Å². The van der Waals surface area contributed by atoms with Crippen LogP contribution in [0.25, 0.3) is 5.65 Å². The molecule has 2 atom stereocenters. The maximum Gasteiger partial charge on any atom is 0.253 e. The Morgan fingerprint density at radius 3 is 2.92 bits per heavy atom. The SMILES string of the molecule is O=C(N[C@@]1(c2ccccc2)CCNC[C@H]1O)c1ccc2ncnn2c1. The number of rotatable bonds is 3. The molecule has 3 aromatic rings. The van der Waals surface area contributed by atoms with Crippen molar-refractivity contribution in [3.63, 3.8) is 0 Å². The van der Waals surface area contributed by atoms with Crippen molar-refractivity contribution in [3.05, 3.63) is 66.1 Å². The number of piperidine rings is 1. The third kappa shape index (κ3) is 2.77. The van der Waals surface area contributed by atoms with Gasteiger partial charge in [0.15, 0.2) is 5.65 Å². The van der Waals surface area contributed by atoms with E-state index < -0.39 is 11.6 Å². The van der Waals surface area contributed by atoms with E-state index in [2.05, 4.69) is 20.7 Å². The van der Waals surface area contributed by atoms with Crippen molar-refractivity contribution in [1.82, 2.24) is 25.2 Å². The normalized spacial score (nSPS) is 23.5. The highest BCUT2D eigenvalue weighted by Gasteiger charge is 2.42. The Morgan fingerprint density at radius 2 is 2.12 bits per heavy atom. The quantitative estimate of drug-likeness (QED) is 0.655.